The fourth-order valence-electron chi connectivity index (χ4n) is 4.20. The number of hydrogen-bond acceptors (Lipinski definition) is 4. The average molecular weight is 384 g/mol. The molecule has 148 valence electrons. The highest BCUT2D eigenvalue weighted by atomic mass is 19.1. The molecular formula is C22H25FN2O3. The maximum Gasteiger partial charge on any atom is 0.240 e. The van der Waals surface area contributed by atoms with Crippen molar-refractivity contribution in [3.8, 4) is 11.5 Å². The van der Waals surface area contributed by atoms with Gasteiger partial charge in [0.2, 0.25) is 5.91 Å². The molecule has 2 atom stereocenters. The van der Waals surface area contributed by atoms with Crippen molar-refractivity contribution >= 4 is 5.91 Å². The number of amides is 1. The second kappa shape index (κ2) is 7.80. The summed E-state index contributed by atoms with van der Waals surface area (Å²) < 4.78 is 23.9. The SMILES string of the molecule is COc1cc2c(cc1OC)CN(C(=O)C1CC(c3ccc(F)cc3)CN1)CC2. The van der Waals surface area contributed by atoms with E-state index in [-0.39, 0.29) is 23.7 Å². The number of carbonyl (C=O) groups is 1. The van der Waals surface area contributed by atoms with Gasteiger partial charge in [0.05, 0.1) is 20.3 Å². The molecule has 0 spiro atoms. The molecule has 1 fully saturated rings. The number of halogens is 1. The lowest BCUT2D eigenvalue weighted by Gasteiger charge is -2.31. The van der Waals surface area contributed by atoms with Crippen LogP contribution in [0.4, 0.5) is 4.39 Å². The Labute approximate surface area is 164 Å². The maximum absolute atomic E-state index is 13.2. The highest BCUT2D eigenvalue weighted by Gasteiger charge is 2.34. The van der Waals surface area contributed by atoms with Gasteiger partial charge in [-0.2, -0.15) is 0 Å². The minimum absolute atomic E-state index is 0.130. The van der Waals surface area contributed by atoms with Crippen LogP contribution in [0.2, 0.25) is 0 Å². The van der Waals surface area contributed by atoms with Gasteiger partial charge in [-0.05, 0) is 59.7 Å². The van der Waals surface area contributed by atoms with Gasteiger partial charge in [-0.3, -0.25) is 4.79 Å². The Kier molecular flexibility index (Phi) is 5.22. The first-order chi connectivity index (χ1) is 13.6. The van der Waals surface area contributed by atoms with Crippen molar-refractivity contribution in [3.63, 3.8) is 0 Å². The number of benzene rings is 2. The highest BCUT2D eigenvalue weighted by molar-refractivity contribution is 5.82. The molecule has 0 saturated carbocycles. The molecule has 1 N–H and O–H groups in total. The van der Waals surface area contributed by atoms with Crippen molar-refractivity contribution in [2.75, 3.05) is 27.3 Å². The molecule has 2 aliphatic rings. The van der Waals surface area contributed by atoms with Crippen LogP contribution in [-0.2, 0) is 17.8 Å². The Balaban J connectivity index is 1.44. The Morgan fingerprint density at radius 2 is 1.79 bits per heavy atom. The van der Waals surface area contributed by atoms with E-state index in [0.717, 1.165) is 36.3 Å². The van der Waals surface area contributed by atoms with E-state index in [1.807, 2.05) is 29.2 Å². The normalized spacial score (nSPS) is 21.3. The van der Waals surface area contributed by atoms with E-state index < -0.39 is 0 Å². The van der Waals surface area contributed by atoms with E-state index in [9.17, 15) is 9.18 Å². The number of ether oxygens (including phenoxy) is 2. The zero-order valence-electron chi connectivity index (χ0n) is 16.2. The smallest absolute Gasteiger partial charge is 0.240 e. The largest absolute Gasteiger partial charge is 0.493 e. The number of rotatable bonds is 4. The van der Waals surface area contributed by atoms with E-state index in [1.165, 1.54) is 17.7 Å². The minimum Gasteiger partial charge on any atom is -0.493 e. The third-order valence-corrected chi connectivity index (χ3v) is 5.80. The van der Waals surface area contributed by atoms with Crippen LogP contribution in [0, 0.1) is 5.82 Å². The lowest BCUT2D eigenvalue weighted by Crippen LogP contribution is -2.45. The number of nitrogens with one attached hydrogen (secondary N) is 1. The number of carbonyl (C=O) groups excluding carboxylic acids is 1. The molecule has 28 heavy (non-hydrogen) atoms. The summed E-state index contributed by atoms with van der Waals surface area (Å²) in [5.41, 5.74) is 3.38. The van der Waals surface area contributed by atoms with Gasteiger partial charge in [-0.25, -0.2) is 4.39 Å². The summed E-state index contributed by atoms with van der Waals surface area (Å²) in [5, 5.41) is 3.35. The fraction of sp³-hybridized carbons (Fsp3) is 0.409. The second-order valence-electron chi connectivity index (χ2n) is 7.43. The van der Waals surface area contributed by atoms with Gasteiger partial charge < -0.3 is 19.7 Å². The van der Waals surface area contributed by atoms with Crippen LogP contribution in [0.1, 0.15) is 29.0 Å². The summed E-state index contributed by atoms with van der Waals surface area (Å²) in [6, 6.07) is 10.4. The summed E-state index contributed by atoms with van der Waals surface area (Å²) in [5.74, 6) is 1.54. The first kappa shape index (κ1) is 18.7. The van der Waals surface area contributed by atoms with Crippen LogP contribution in [0.3, 0.4) is 0 Å². The molecule has 6 heteroatoms. The van der Waals surface area contributed by atoms with E-state index in [2.05, 4.69) is 5.32 Å². The number of methoxy groups -OCH3 is 2. The van der Waals surface area contributed by atoms with Crippen LogP contribution in [-0.4, -0.2) is 44.2 Å². The highest BCUT2D eigenvalue weighted by Crippen LogP contribution is 2.34. The molecule has 4 rings (SSSR count). The molecule has 1 saturated heterocycles. The Morgan fingerprint density at radius 3 is 2.46 bits per heavy atom. The summed E-state index contributed by atoms with van der Waals surface area (Å²) in [6.45, 7) is 2.01. The fourth-order valence-corrected chi connectivity index (χ4v) is 4.20. The molecule has 2 aliphatic heterocycles. The van der Waals surface area contributed by atoms with E-state index in [4.69, 9.17) is 9.47 Å². The third kappa shape index (κ3) is 3.56. The van der Waals surface area contributed by atoms with Gasteiger partial charge >= 0.3 is 0 Å². The van der Waals surface area contributed by atoms with Crippen molar-refractivity contribution < 1.29 is 18.7 Å². The van der Waals surface area contributed by atoms with Crippen molar-refractivity contribution in [1.82, 2.24) is 10.2 Å². The lowest BCUT2D eigenvalue weighted by molar-refractivity contribution is -0.134. The molecule has 0 bridgehead atoms. The van der Waals surface area contributed by atoms with Crippen molar-refractivity contribution in [2.24, 2.45) is 0 Å². The predicted octanol–water partition coefficient (Wildman–Crippen LogP) is 2.87. The third-order valence-electron chi connectivity index (χ3n) is 5.80. The topological polar surface area (TPSA) is 50.8 Å². The van der Waals surface area contributed by atoms with E-state index in [0.29, 0.717) is 18.8 Å². The molecule has 0 radical (unpaired) electrons. The monoisotopic (exact) mass is 384 g/mol. The van der Waals surface area contributed by atoms with Crippen LogP contribution < -0.4 is 14.8 Å². The van der Waals surface area contributed by atoms with Gasteiger partial charge in [0.1, 0.15) is 5.82 Å². The van der Waals surface area contributed by atoms with Gasteiger partial charge in [0, 0.05) is 19.6 Å². The van der Waals surface area contributed by atoms with Crippen LogP contribution in [0.15, 0.2) is 36.4 Å². The predicted molar refractivity (Wildman–Crippen MR) is 104 cm³/mol. The van der Waals surface area contributed by atoms with Gasteiger partial charge in [0.25, 0.3) is 0 Å². The molecule has 2 heterocycles. The summed E-state index contributed by atoms with van der Waals surface area (Å²) in [7, 11) is 3.25. The number of fused-ring (bicyclic) bond motifs is 1. The molecule has 0 aliphatic carbocycles. The molecule has 2 unspecified atom stereocenters. The Hall–Kier alpha value is -2.60. The quantitative estimate of drug-likeness (QED) is 0.881. The average Bonchev–Trinajstić information content (AvgIpc) is 3.22. The summed E-state index contributed by atoms with van der Waals surface area (Å²) in [4.78, 5) is 15.0. The van der Waals surface area contributed by atoms with Crippen molar-refractivity contribution in [1.29, 1.82) is 0 Å². The Morgan fingerprint density at radius 1 is 1.11 bits per heavy atom. The van der Waals surface area contributed by atoms with E-state index in [1.54, 1.807) is 14.2 Å². The lowest BCUT2D eigenvalue weighted by atomic mass is 9.95. The number of nitrogens with zero attached hydrogens (tertiary/aromatic N) is 1. The molecule has 0 aromatic heterocycles. The standard InChI is InChI=1S/C22H25FN2O3/c1-27-20-10-15-7-8-25(13-17(15)11-21(20)28-2)22(26)19-9-16(12-24-19)14-3-5-18(23)6-4-14/h3-6,10-11,16,19,24H,7-9,12-13H2,1-2H3. The van der Waals surface area contributed by atoms with E-state index >= 15 is 0 Å². The first-order valence-electron chi connectivity index (χ1n) is 9.60. The van der Waals surface area contributed by atoms with Crippen LogP contribution in [0.5, 0.6) is 11.5 Å². The zero-order chi connectivity index (χ0) is 19.7. The summed E-state index contributed by atoms with van der Waals surface area (Å²) in [6.07, 6.45) is 1.54. The number of hydrogen-bond donors (Lipinski definition) is 1. The molecule has 1 amide bonds. The molecule has 2 aromatic rings. The zero-order valence-corrected chi connectivity index (χ0v) is 16.2. The van der Waals surface area contributed by atoms with Crippen molar-refractivity contribution in [2.45, 2.75) is 31.3 Å². The molecule has 5 nitrogen and oxygen atoms in total. The van der Waals surface area contributed by atoms with Gasteiger partial charge in [-0.1, -0.05) is 12.1 Å². The van der Waals surface area contributed by atoms with Crippen LogP contribution >= 0.6 is 0 Å². The van der Waals surface area contributed by atoms with Gasteiger partial charge in [-0.15, -0.1) is 0 Å². The second-order valence-corrected chi connectivity index (χ2v) is 7.43. The molecule has 2 aromatic carbocycles. The molecular weight excluding hydrogens is 359 g/mol. The Bertz CT molecular complexity index is 869. The summed E-state index contributed by atoms with van der Waals surface area (Å²) >= 11 is 0. The minimum atomic E-state index is -0.235. The maximum atomic E-state index is 13.2. The van der Waals surface area contributed by atoms with Gasteiger partial charge in [0.15, 0.2) is 11.5 Å². The van der Waals surface area contributed by atoms with Crippen LogP contribution in [0.25, 0.3) is 0 Å². The first-order valence-corrected chi connectivity index (χ1v) is 9.60. The van der Waals surface area contributed by atoms with Crippen molar-refractivity contribution in [3.05, 3.63) is 58.9 Å².